The number of nitrogens with zero attached hydrogens (tertiary/aromatic N) is 3. The van der Waals surface area contributed by atoms with E-state index in [1.165, 1.54) is 0 Å². The average Bonchev–Trinajstić information content (AvgIpc) is 2.97. The monoisotopic (exact) mass is 279 g/mol. The molecule has 3 nitrogen and oxygen atoms in total. The van der Waals surface area contributed by atoms with Gasteiger partial charge < -0.3 is 0 Å². The van der Waals surface area contributed by atoms with Crippen LogP contribution in [0.2, 0.25) is 5.02 Å². The minimum absolute atomic E-state index is 0.632. The van der Waals surface area contributed by atoms with Gasteiger partial charge in [0.25, 0.3) is 0 Å². The number of rotatable bonds is 2. The van der Waals surface area contributed by atoms with Crippen LogP contribution in [0.1, 0.15) is 5.56 Å². The highest BCUT2D eigenvalue weighted by atomic mass is 35.5. The third-order valence-electron chi connectivity index (χ3n) is 3.03. The second kappa shape index (κ2) is 5.20. The van der Waals surface area contributed by atoms with E-state index in [0.717, 1.165) is 16.8 Å². The zero-order valence-corrected chi connectivity index (χ0v) is 11.2. The summed E-state index contributed by atoms with van der Waals surface area (Å²) in [4.78, 5) is 0. The van der Waals surface area contributed by atoms with E-state index in [1.807, 2.05) is 42.6 Å². The molecule has 0 aliphatic heterocycles. The Hall–Kier alpha value is -2.57. The summed E-state index contributed by atoms with van der Waals surface area (Å²) >= 11 is 6.18. The molecule has 3 rings (SSSR count). The Morgan fingerprint density at radius 2 is 1.80 bits per heavy atom. The van der Waals surface area contributed by atoms with Gasteiger partial charge in [0, 0.05) is 22.3 Å². The maximum absolute atomic E-state index is 8.80. The van der Waals surface area contributed by atoms with Crippen LogP contribution >= 0.6 is 11.6 Å². The summed E-state index contributed by atoms with van der Waals surface area (Å²) in [6.45, 7) is 0. The number of aromatic nitrogens is 2. The molecule has 1 heterocycles. The average molecular weight is 280 g/mol. The standard InChI is InChI=1S/C16H10ClN3/c17-16-4-2-1-3-15(16)13-10-19-20(11-13)14-7-5-12(9-18)6-8-14/h1-8,10-11H. The van der Waals surface area contributed by atoms with Gasteiger partial charge in [-0.3, -0.25) is 0 Å². The van der Waals surface area contributed by atoms with Crippen molar-refractivity contribution in [1.29, 1.82) is 5.26 Å². The predicted molar refractivity (Wildman–Crippen MR) is 78.7 cm³/mol. The van der Waals surface area contributed by atoms with Crippen molar-refractivity contribution in [3.63, 3.8) is 0 Å². The van der Waals surface area contributed by atoms with Crippen LogP contribution in [0.5, 0.6) is 0 Å². The molecule has 96 valence electrons. The molecule has 0 aliphatic rings. The molecular formula is C16H10ClN3. The van der Waals surface area contributed by atoms with Gasteiger partial charge in [-0.1, -0.05) is 29.8 Å². The van der Waals surface area contributed by atoms with Crippen molar-refractivity contribution in [2.75, 3.05) is 0 Å². The fourth-order valence-corrected chi connectivity index (χ4v) is 2.23. The van der Waals surface area contributed by atoms with Gasteiger partial charge in [0.1, 0.15) is 0 Å². The van der Waals surface area contributed by atoms with E-state index in [0.29, 0.717) is 10.6 Å². The van der Waals surface area contributed by atoms with E-state index < -0.39 is 0 Å². The van der Waals surface area contributed by atoms with Crippen molar-refractivity contribution in [3.05, 3.63) is 71.5 Å². The van der Waals surface area contributed by atoms with Crippen LogP contribution in [-0.2, 0) is 0 Å². The van der Waals surface area contributed by atoms with Crippen molar-refractivity contribution in [2.24, 2.45) is 0 Å². The van der Waals surface area contributed by atoms with Gasteiger partial charge in [-0.2, -0.15) is 10.4 Å². The summed E-state index contributed by atoms with van der Waals surface area (Å²) in [5.41, 5.74) is 3.45. The van der Waals surface area contributed by atoms with Crippen molar-refractivity contribution in [2.45, 2.75) is 0 Å². The first-order valence-corrected chi connectivity index (χ1v) is 6.46. The smallest absolute Gasteiger partial charge is 0.0991 e. The van der Waals surface area contributed by atoms with Gasteiger partial charge in [0.05, 0.1) is 23.5 Å². The topological polar surface area (TPSA) is 41.6 Å². The Labute approximate surface area is 121 Å². The molecule has 20 heavy (non-hydrogen) atoms. The number of benzene rings is 2. The Morgan fingerprint density at radius 3 is 2.50 bits per heavy atom. The molecule has 4 heteroatoms. The molecule has 0 saturated carbocycles. The van der Waals surface area contributed by atoms with Crippen molar-refractivity contribution in [3.8, 4) is 22.9 Å². The normalized spacial score (nSPS) is 10.2. The molecule has 3 aromatic rings. The Bertz CT molecular complexity index is 782. The van der Waals surface area contributed by atoms with Gasteiger partial charge in [0.15, 0.2) is 0 Å². The maximum atomic E-state index is 8.80. The molecule has 0 amide bonds. The van der Waals surface area contributed by atoms with Crippen molar-refractivity contribution < 1.29 is 0 Å². The van der Waals surface area contributed by atoms with E-state index in [4.69, 9.17) is 16.9 Å². The van der Waals surface area contributed by atoms with Crippen LogP contribution in [0.15, 0.2) is 60.9 Å². The summed E-state index contributed by atoms with van der Waals surface area (Å²) in [7, 11) is 0. The Morgan fingerprint density at radius 1 is 1.05 bits per heavy atom. The summed E-state index contributed by atoms with van der Waals surface area (Å²) in [5.74, 6) is 0. The second-order valence-corrected chi connectivity index (χ2v) is 4.72. The predicted octanol–water partition coefficient (Wildman–Crippen LogP) is 4.06. The minimum Gasteiger partial charge on any atom is -0.240 e. The first-order chi connectivity index (χ1) is 9.78. The van der Waals surface area contributed by atoms with E-state index in [9.17, 15) is 0 Å². The van der Waals surface area contributed by atoms with Crippen LogP contribution in [-0.4, -0.2) is 9.78 Å². The number of nitriles is 1. The van der Waals surface area contributed by atoms with Crippen LogP contribution in [0.25, 0.3) is 16.8 Å². The minimum atomic E-state index is 0.632. The zero-order valence-electron chi connectivity index (χ0n) is 10.5. The third kappa shape index (κ3) is 2.29. The lowest BCUT2D eigenvalue weighted by Crippen LogP contribution is -1.93. The first kappa shape index (κ1) is 12.5. The Kier molecular flexibility index (Phi) is 3.24. The second-order valence-electron chi connectivity index (χ2n) is 4.31. The SMILES string of the molecule is N#Cc1ccc(-n2cc(-c3ccccc3Cl)cn2)cc1. The van der Waals surface area contributed by atoms with Gasteiger partial charge in [-0.15, -0.1) is 0 Å². The molecule has 0 aliphatic carbocycles. The fourth-order valence-electron chi connectivity index (χ4n) is 1.99. The number of hydrogen-bond donors (Lipinski definition) is 0. The molecule has 0 atom stereocenters. The molecule has 0 radical (unpaired) electrons. The number of hydrogen-bond acceptors (Lipinski definition) is 2. The largest absolute Gasteiger partial charge is 0.240 e. The molecule has 0 fully saturated rings. The highest BCUT2D eigenvalue weighted by molar-refractivity contribution is 6.33. The Balaban J connectivity index is 1.98. The lowest BCUT2D eigenvalue weighted by atomic mass is 10.1. The molecule has 2 aromatic carbocycles. The fraction of sp³-hybridized carbons (Fsp3) is 0. The van der Waals surface area contributed by atoms with Gasteiger partial charge in [0.2, 0.25) is 0 Å². The number of halogens is 1. The van der Waals surface area contributed by atoms with Crippen LogP contribution in [0, 0.1) is 11.3 Å². The van der Waals surface area contributed by atoms with Gasteiger partial charge in [-0.05, 0) is 30.3 Å². The first-order valence-electron chi connectivity index (χ1n) is 6.08. The van der Waals surface area contributed by atoms with Gasteiger partial charge in [-0.25, -0.2) is 4.68 Å². The lowest BCUT2D eigenvalue weighted by Gasteiger charge is -2.01. The maximum Gasteiger partial charge on any atom is 0.0991 e. The van der Waals surface area contributed by atoms with E-state index in [1.54, 1.807) is 23.0 Å². The molecule has 0 N–H and O–H groups in total. The third-order valence-corrected chi connectivity index (χ3v) is 3.36. The van der Waals surface area contributed by atoms with Crippen LogP contribution in [0.4, 0.5) is 0 Å². The van der Waals surface area contributed by atoms with Crippen LogP contribution < -0.4 is 0 Å². The molecule has 0 spiro atoms. The van der Waals surface area contributed by atoms with Crippen LogP contribution in [0.3, 0.4) is 0 Å². The highest BCUT2D eigenvalue weighted by Gasteiger charge is 2.06. The highest BCUT2D eigenvalue weighted by Crippen LogP contribution is 2.27. The van der Waals surface area contributed by atoms with Gasteiger partial charge >= 0.3 is 0 Å². The van der Waals surface area contributed by atoms with Crippen molar-refractivity contribution in [1.82, 2.24) is 9.78 Å². The quantitative estimate of drug-likeness (QED) is 0.710. The van der Waals surface area contributed by atoms with E-state index >= 15 is 0 Å². The summed E-state index contributed by atoms with van der Waals surface area (Å²) in [6.07, 6.45) is 3.70. The molecule has 1 aromatic heterocycles. The van der Waals surface area contributed by atoms with E-state index in [2.05, 4.69) is 11.2 Å². The molecule has 0 bridgehead atoms. The van der Waals surface area contributed by atoms with Crippen molar-refractivity contribution >= 4 is 11.6 Å². The summed E-state index contributed by atoms with van der Waals surface area (Å²) in [5, 5.41) is 13.8. The lowest BCUT2D eigenvalue weighted by molar-refractivity contribution is 0.880. The molecule has 0 unspecified atom stereocenters. The van der Waals surface area contributed by atoms with E-state index in [-0.39, 0.29) is 0 Å². The molecule has 0 saturated heterocycles. The summed E-state index contributed by atoms with van der Waals surface area (Å²) < 4.78 is 1.76. The zero-order chi connectivity index (χ0) is 13.9. The molecular weight excluding hydrogens is 270 g/mol. The summed E-state index contributed by atoms with van der Waals surface area (Å²) in [6, 6.07) is 17.0.